The fourth-order valence-corrected chi connectivity index (χ4v) is 4.35. The number of carboxylic acids is 2. The van der Waals surface area contributed by atoms with Gasteiger partial charge in [-0.3, -0.25) is 19.2 Å². The summed E-state index contributed by atoms with van der Waals surface area (Å²) in [6.07, 6.45) is 0. The van der Waals surface area contributed by atoms with E-state index in [1.165, 1.54) is 21.3 Å². The van der Waals surface area contributed by atoms with Crippen molar-refractivity contribution in [3.8, 4) is 0 Å². The number of fused-ring (bicyclic) bond motifs is 4. The van der Waals surface area contributed by atoms with Gasteiger partial charge in [-0.15, -0.1) is 0 Å². The van der Waals surface area contributed by atoms with Gasteiger partial charge in [-0.2, -0.15) is 0 Å². The van der Waals surface area contributed by atoms with Gasteiger partial charge in [-0.1, -0.05) is 24.3 Å². The number of aromatic nitrogens is 2. The molecule has 0 amide bonds. The van der Waals surface area contributed by atoms with Crippen molar-refractivity contribution < 1.29 is 19.8 Å². The highest BCUT2D eigenvalue weighted by atomic mass is 16.4. The van der Waals surface area contributed by atoms with Crippen molar-refractivity contribution in [3.05, 3.63) is 81.1 Å². The summed E-state index contributed by atoms with van der Waals surface area (Å²) in [6, 6.07) is 16.3. The molecular weight excluding hydrogens is 412 g/mol. The summed E-state index contributed by atoms with van der Waals surface area (Å²) in [5.41, 5.74) is 0.857. The van der Waals surface area contributed by atoms with Crippen molar-refractivity contribution in [2.45, 2.75) is 13.1 Å². The first-order chi connectivity index (χ1) is 15.4. The van der Waals surface area contributed by atoms with Gasteiger partial charge in [0.05, 0.1) is 22.1 Å². The van der Waals surface area contributed by atoms with Gasteiger partial charge < -0.3 is 19.3 Å². The number of benzene rings is 3. The number of aliphatic carboxylic acids is 2. The van der Waals surface area contributed by atoms with E-state index in [9.17, 15) is 29.4 Å². The third-order valence-electron chi connectivity index (χ3n) is 5.65. The van der Waals surface area contributed by atoms with E-state index in [1.54, 1.807) is 48.5 Å². The minimum atomic E-state index is -1.10. The Morgan fingerprint density at radius 3 is 1.34 bits per heavy atom. The summed E-state index contributed by atoms with van der Waals surface area (Å²) in [7, 11) is 0. The van der Waals surface area contributed by atoms with Crippen molar-refractivity contribution in [2.24, 2.45) is 0 Å². The first-order valence-electron chi connectivity index (χ1n) is 9.81. The summed E-state index contributed by atoms with van der Waals surface area (Å²) in [5.74, 6) is -2.19. The van der Waals surface area contributed by atoms with Crippen LogP contribution in [-0.2, 0) is 22.7 Å². The minimum absolute atomic E-state index is 0.214. The smallest absolute Gasteiger partial charge is 0.323 e. The van der Waals surface area contributed by atoms with Crippen molar-refractivity contribution in [3.63, 3.8) is 0 Å². The van der Waals surface area contributed by atoms with E-state index in [1.807, 2.05) is 0 Å². The van der Waals surface area contributed by atoms with Crippen LogP contribution in [-0.4, -0.2) is 31.3 Å². The number of carbonyl (C=O) groups is 2. The maximum Gasteiger partial charge on any atom is 0.323 e. The third kappa shape index (κ3) is 2.84. The zero-order chi connectivity index (χ0) is 22.6. The molecule has 0 bridgehead atoms. The molecule has 0 saturated carbocycles. The Kier molecular flexibility index (Phi) is 4.30. The maximum atomic E-state index is 13.3. The summed E-state index contributed by atoms with van der Waals surface area (Å²) in [6.45, 7) is -0.806. The zero-order valence-corrected chi connectivity index (χ0v) is 16.6. The SMILES string of the molecule is O=C(O)Cn1c2ccccc2c(=O)c2cc3c(cc21)c(=O)c1ccccc1n3CC(=O)O. The van der Waals surface area contributed by atoms with Crippen molar-refractivity contribution in [2.75, 3.05) is 0 Å². The average Bonchev–Trinajstić information content (AvgIpc) is 2.78. The number of rotatable bonds is 4. The van der Waals surface area contributed by atoms with E-state index in [0.717, 1.165) is 0 Å². The monoisotopic (exact) mass is 428 g/mol. The third-order valence-corrected chi connectivity index (χ3v) is 5.65. The molecule has 0 saturated heterocycles. The molecular formula is C24H16N2O6. The fourth-order valence-electron chi connectivity index (χ4n) is 4.35. The largest absolute Gasteiger partial charge is 0.480 e. The molecule has 5 aromatic rings. The van der Waals surface area contributed by atoms with Crippen molar-refractivity contribution in [1.82, 2.24) is 9.13 Å². The van der Waals surface area contributed by atoms with Crippen LogP contribution in [0.5, 0.6) is 0 Å². The van der Waals surface area contributed by atoms with Crippen LogP contribution in [0, 0.1) is 0 Å². The molecule has 2 aromatic heterocycles. The van der Waals surface area contributed by atoms with E-state index in [2.05, 4.69) is 0 Å². The number of hydrogen-bond donors (Lipinski definition) is 2. The molecule has 3 aromatic carbocycles. The summed E-state index contributed by atoms with van der Waals surface area (Å²) in [5, 5.41) is 20.1. The van der Waals surface area contributed by atoms with Gasteiger partial charge in [-0.05, 0) is 36.4 Å². The molecule has 8 nitrogen and oxygen atoms in total. The summed E-state index contributed by atoms with van der Waals surface area (Å²) < 4.78 is 2.98. The second-order valence-electron chi connectivity index (χ2n) is 7.54. The number of para-hydroxylation sites is 2. The van der Waals surface area contributed by atoms with Gasteiger partial charge in [-0.25, -0.2) is 0 Å². The molecule has 2 heterocycles. The molecule has 8 heteroatoms. The van der Waals surface area contributed by atoms with Crippen LogP contribution in [0.4, 0.5) is 0 Å². The standard InChI is InChI=1S/C24H16N2O6/c27-21(28)11-25-17-7-3-1-5-13(17)23(31)15-9-20-16(10-19(15)25)24(32)14-6-2-4-8-18(14)26(20)12-22(29)30/h1-10H,11-12H2,(H,27,28)(H,29,30). The van der Waals surface area contributed by atoms with Crippen LogP contribution in [0.15, 0.2) is 70.3 Å². The number of pyridine rings is 2. The van der Waals surface area contributed by atoms with Gasteiger partial charge >= 0.3 is 11.9 Å². The normalized spacial score (nSPS) is 11.5. The molecule has 0 unspecified atom stereocenters. The van der Waals surface area contributed by atoms with E-state index in [0.29, 0.717) is 32.8 Å². The Bertz CT molecular complexity index is 1600. The van der Waals surface area contributed by atoms with Gasteiger partial charge in [0, 0.05) is 21.5 Å². The highest BCUT2D eigenvalue weighted by Crippen LogP contribution is 2.26. The minimum Gasteiger partial charge on any atom is -0.480 e. The van der Waals surface area contributed by atoms with E-state index in [-0.39, 0.29) is 21.6 Å². The lowest BCUT2D eigenvalue weighted by molar-refractivity contribution is -0.138. The molecule has 0 spiro atoms. The van der Waals surface area contributed by atoms with Gasteiger partial charge in [0.25, 0.3) is 0 Å². The Hall–Kier alpha value is -4.46. The van der Waals surface area contributed by atoms with Crippen LogP contribution >= 0.6 is 0 Å². The van der Waals surface area contributed by atoms with Crippen molar-refractivity contribution in [1.29, 1.82) is 0 Å². The molecule has 0 atom stereocenters. The predicted molar refractivity (Wildman–Crippen MR) is 120 cm³/mol. The van der Waals surface area contributed by atoms with Crippen LogP contribution in [0.3, 0.4) is 0 Å². The Balaban J connectivity index is 2.06. The second kappa shape index (κ2) is 7.05. The van der Waals surface area contributed by atoms with E-state index in [4.69, 9.17) is 0 Å². The van der Waals surface area contributed by atoms with E-state index >= 15 is 0 Å². The van der Waals surface area contributed by atoms with E-state index < -0.39 is 25.0 Å². The molecule has 5 rings (SSSR count). The molecule has 32 heavy (non-hydrogen) atoms. The maximum absolute atomic E-state index is 13.3. The summed E-state index contributed by atoms with van der Waals surface area (Å²) >= 11 is 0. The fraction of sp³-hybridized carbons (Fsp3) is 0.0833. The highest BCUT2D eigenvalue weighted by Gasteiger charge is 2.18. The first-order valence-corrected chi connectivity index (χ1v) is 9.81. The topological polar surface area (TPSA) is 119 Å². The molecule has 0 aliphatic rings. The highest BCUT2D eigenvalue weighted by molar-refractivity contribution is 6.04. The van der Waals surface area contributed by atoms with Crippen LogP contribution in [0.1, 0.15) is 0 Å². The summed E-state index contributed by atoms with van der Waals surface area (Å²) in [4.78, 5) is 49.8. The first kappa shape index (κ1) is 19.5. The Morgan fingerprint density at radius 2 is 0.969 bits per heavy atom. The molecule has 0 aliphatic carbocycles. The second-order valence-corrected chi connectivity index (χ2v) is 7.54. The Morgan fingerprint density at radius 1 is 0.594 bits per heavy atom. The molecule has 0 aliphatic heterocycles. The van der Waals surface area contributed by atoms with Crippen LogP contribution in [0.2, 0.25) is 0 Å². The van der Waals surface area contributed by atoms with Gasteiger partial charge in [0.1, 0.15) is 13.1 Å². The Labute approximate surface area is 179 Å². The molecule has 0 radical (unpaired) electrons. The number of carboxylic acid groups (broad SMARTS) is 2. The number of hydrogen-bond acceptors (Lipinski definition) is 4. The van der Waals surface area contributed by atoms with Crippen LogP contribution in [0.25, 0.3) is 43.6 Å². The van der Waals surface area contributed by atoms with Crippen LogP contribution < -0.4 is 10.9 Å². The average molecular weight is 428 g/mol. The lowest BCUT2D eigenvalue weighted by Gasteiger charge is -2.17. The number of nitrogens with zero attached hydrogens (tertiary/aromatic N) is 2. The molecule has 158 valence electrons. The van der Waals surface area contributed by atoms with Gasteiger partial charge in [0.15, 0.2) is 10.9 Å². The molecule has 0 fully saturated rings. The van der Waals surface area contributed by atoms with Crippen molar-refractivity contribution >= 4 is 55.6 Å². The predicted octanol–water partition coefficient (Wildman–Crippen LogP) is 2.79. The quantitative estimate of drug-likeness (QED) is 0.425. The molecule has 2 N–H and O–H groups in total. The lowest BCUT2D eigenvalue weighted by Crippen LogP contribution is -2.19. The zero-order valence-electron chi connectivity index (χ0n) is 16.6. The van der Waals surface area contributed by atoms with Gasteiger partial charge in [0.2, 0.25) is 0 Å². The lowest BCUT2D eigenvalue weighted by atomic mass is 10.0.